The maximum Gasteiger partial charge on any atom is 0.0618 e. The minimum absolute atomic E-state index is 0.140. The molecule has 0 unspecified atom stereocenters. The second-order valence-corrected chi connectivity index (χ2v) is 18.1. The molecular formula is C60H46N2. The third kappa shape index (κ3) is 5.29. The van der Waals surface area contributed by atoms with E-state index in [4.69, 9.17) is 0 Å². The molecule has 10 aromatic carbocycles. The van der Waals surface area contributed by atoms with Crippen LogP contribution < -0.4 is 9.80 Å². The van der Waals surface area contributed by atoms with Crippen LogP contribution in [0.3, 0.4) is 0 Å². The quantitative estimate of drug-likeness (QED) is 0.171. The van der Waals surface area contributed by atoms with Crippen LogP contribution in [0.4, 0.5) is 34.1 Å². The molecule has 2 nitrogen and oxygen atoms in total. The largest absolute Gasteiger partial charge is 0.310 e. The van der Waals surface area contributed by atoms with Crippen LogP contribution in [-0.4, -0.2) is 0 Å². The van der Waals surface area contributed by atoms with Crippen LogP contribution in [0.1, 0.15) is 49.9 Å². The fourth-order valence-corrected chi connectivity index (χ4v) is 10.9. The lowest BCUT2D eigenvalue weighted by molar-refractivity contribution is 0.632. The molecular weight excluding hydrogens is 749 g/mol. The van der Waals surface area contributed by atoms with E-state index in [9.17, 15) is 0 Å². The fourth-order valence-electron chi connectivity index (χ4n) is 10.9. The Kier molecular flexibility index (Phi) is 7.96. The van der Waals surface area contributed by atoms with E-state index in [1.807, 2.05) is 0 Å². The number of nitrogens with zero attached hydrogens (tertiary/aromatic N) is 2. The zero-order chi connectivity index (χ0) is 41.7. The Bertz CT molecular complexity index is 3430. The van der Waals surface area contributed by atoms with Gasteiger partial charge in [0.05, 0.1) is 22.7 Å². The number of hydrogen-bond acceptors (Lipinski definition) is 2. The van der Waals surface area contributed by atoms with Crippen molar-refractivity contribution in [2.45, 2.75) is 38.5 Å². The summed E-state index contributed by atoms with van der Waals surface area (Å²) < 4.78 is 0. The first-order valence-corrected chi connectivity index (χ1v) is 21.9. The lowest BCUT2D eigenvalue weighted by atomic mass is 9.73. The Morgan fingerprint density at radius 3 is 1.66 bits per heavy atom. The van der Waals surface area contributed by atoms with E-state index in [0.29, 0.717) is 0 Å². The second kappa shape index (κ2) is 13.5. The van der Waals surface area contributed by atoms with Crippen LogP contribution in [0.15, 0.2) is 206 Å². The topological polar surface area (TPSA) is 6.48 Å². The summed E-state index contributed by atoms with van der Waals surface area (Å²) in [5, 5.41) is 7.34. The van der Waals surface area contributed by atoms with E-state index in [-0.39, 0.29) is 10.8 Å². The summed E-state index contributed by atoms with van der Waals surface area (Å²) in [5.41, 5.74) is 17.0. The molecule has 62 heavy (non-hydrogen) atoms. The van der Waals surface area contributed by atoms with E-state index in [1.54, 1.807) is 0 Å². The van der Waals surface area contributed by atoms with Gasteiger partial charge in [-0.3, -0.25) is 0 Å². The van der Waals surface area contributed by atoms with Gasteiger partial charge in [0, 0.05) is 38.5 Å². The standard InChI is InChI=1S/C60H46N2/c1-59(2)51-27-12-11-25-48(51)49-35-32-42(37-54(49)59)61(55-30-16-21-40-18-6-9-23-45(40)55)43-33-36-53-57(38-43)62(56-29-14-13-28-52(56)60(53,3)4)58-46-24-10-7-19-41(46)31-34-50(58)47-26-15-20-39-17-5-8-22-44(39)47/h5-38H,1-4H3. The van der Waals surface area contributed by atoms with Gasteiger partial charge in [-0.1, -0.05) is 198 Å². The molecule has 0 amide bonds. The molecule has 1 aliphatic heterocycles. The minimum atomic E-state index is -0.265. The molecule has 2 heteroatoms. The molecule has 0 saturated heterocycles. The summed E-state index contributed by atoms with van der Waals surface area (Å²) in [7, 11) is 0. The lowest BCUT2D eigenvalue weighted by Crippen LogP contribution is -2.31. The average Bonchev–Trinajstić information content (AvgIpc) is 3.54. The number of benzene rings is 10. The molecule has 0 atom stereocenters. The number of para-hydroxylation sites is 1. The number of fused-ring (bicyclic) bond motifs is 8. The second-order valence-electron chi connectivity index (χ2n) is 18.1. The van der Waals surface area contributed by atoms with E-state index in [2.05, 4.69) is 244 Å². The van der Waals surface area contributed by atoms with Gasteiger partial charge in [-0.2, -0.15) is 0 Å². The van der Waals surface area contributed by atoms with Gasteiger partial charge >= 0.3 is 0 Å². The molecule has 12 rings (SSSR count). The minimum Gasteiger partial charge on any atom is -0.310 e. The van der Waals surface area contributed by atoms with Crippen LogP contribution >= 0.6 is 0 Å². The van der Waals surface area contributed by atoms with Gasteiger partial charge in [0.25, 0.3) is 0 Å². The van der Waals surface area contributed by atoms with E-state index >= 15 is 0 Å². The van der Waals surface area contributed by atoms with Crippen molar-refractivity contribution in [1.82, 2.24) is 0 Å². The molecule has 1 aliphatic carbocycles. The molecule has 2 aliphatic rings. The molecule has 0 bridgehead atoms. The highest BCUT2D eigenvalue weighted by molar-refractivity contribution is 6.11. The summed E-state index contributed by atoms with van der Waals surface area (Å²) in [4.78, 5) is 5.09. The molecule has 1 heterocycles. The SMILES string of the molecule is CC1(C)c2ccccc2-c2ccc(N(c3ccc4c(c3)N(c3c(-c5cccc6ccccc56)ccc5ccccc35)c3ccccc3C4(C)C)c3cccc4ccccc34)cc21. The van der Waals surface area contributed by atoms with Gasteiger partial charge in [-0.15, -0.1) is 0 Å². The van der Waals surface area contributed by atoms with Crippen molar-refractivity contribution >= 4 is 66.4 Å². The van der Waals surface area contributed by atoms with Gasteiger partial charge in [0.2, 0.25) is 0 Å². The number of rotatable bonds is 5. The molecule has 10 aromatic rings. The zero-order valence-electron chi connectivity index (χ0n) is 35.5. The van der Waals surface area contributed by atoms with Crippen LogP contribution in [0.25, 0.3) is 54.6 Å². The summed E-state index contributed by atoms with van der Waals surface area (Å²) >= 11 is 0. The normalized spacial score (nSPS) is 14.4. The van der Waals surface area contributed by atoms with Crippen LogP contribution in [-0.2, 0) is 10.8 Å². The maximum absolute atomic E-state index is 2.59. The smallest absolute Gasteiger partial charge is 0.0618 e. The van der Waals surface area contributed by atoms with Gasteiger partial charge in [-0.25, -0.2) is 0 Å². The van der Waals surface area contributed by atoms with Crippen LogP contribution in [0.5, 0.6) is 0 Å². The Morgan fingerprint density at radius 2 is 0.855 bits per heavy atom. The Balaban J connectivity index is 1.15. The highest BCUT2D eigenvalue weighted by atomic mass is 15.2. The fraction of sp³-hybridized carbons (Fsp3) is 0.100. The van der Waals surface area contributed by atoms with E-state index < -0.39 is 0 Å². The number of hydrogen-bond donors (Lipinski definition) is 0. The lowest BCUT2D eigenvalue weighted by Gasteiger charge is -2.43. The van der Waals surface area contributed by atoms with Crippen molar-refractivity contribution < 1.29 is 0 Å². The summed E-state index contributed by atoms with van der Waals surface area (Å²) in [6.07, 6.45) is 0. The van der Waals surface area contributed by atoms with Crippen LogP contribution in [0, 0.1) is 0 Å². The van der Waals surface area contributed by atoms with Crippen molar-refractivity contribution in [2.75, 3.05) is 9.80 Å². The third-order valence-electron chi connectivity index (χ3n) is 14.0. The summed E-state index contributed by atoms with van der Waals surface area (Å²) in [6.45, 7) is 9.52. The average molecular weight is 795 g/mol. The first-order valence-electron chi connectivity index (χ1n) is 21.9. The molecule has 0 aromatic heterocycles. The molecule has 296 valence electrons. The van der Waals surface area contributed by atoms with Crippen molar-refractivity contribution in [3.05, 3.63) is 229 Å². The zero-order valence-corrected chi connectivity index (χ0v) is 35.5. The highest BCUT2D eigenvalue weighted by Crippen LogP contribution is 2.57. The van der Waals surface area contributed by atoms with Gasteiger partial charge in [0.15, 0.2) is 0 Å². The Labute approximate surface area is 364 Å². The van der Waals surface area contributed by atoms with E-state index in [0.717, 1.165) is 17.1 Å². The predicted molar refractivity (Wildman–Crippen MR) is 263 cm³/mol. The Hall–Kier alpha value is -7.42. The highest BCUT2D eigenvalue weighted by Gasteiger charge is 2.39. The maximum atomic E-state index is 2.59. The third-order valence-corrected chi connectivity index (χ3v) is 14.0. The summed E-state index contributed by atoms with van der Waals surface area (Å²) in [5.74, 6) is 0. The van der Waals surface area contributed by atoms with Crippen molar-refractivity contribution in [2.24, 2.45) is 0 Å². The predicted octanol–water partition coefficient (Wildman–Crippen LogP) is 16.7. The molecule has 0 saturated carbocycles. The summed E-state index contributed by atoms with van der Waals surface area (Å²) in [6, 6.07) is 76.9. The van der Waals surface area contributed by atoms with Gasteiger partial charge in [0.1, 0.15) is 0 Å². The molecule has 0 N–H and O–H groups in total. The van der Waals surface area contributed by atoms with Crippen LogP contribution in [0.2, 0.25) is 0 Å². The first-order chi connectivity index (χ1) is 30.3. The first kappa shape index (κ1) is 36.4. The molecule has 0 radical (unpaired) electrons. The Morgan fingerprint density at radius 1 is 0.339 bits per heavy atom. The monoisotopic (exact) mass is 794 g/mol. The van der Waals surface area contributed by atoms with E-state index in [1.165, 1.54) is 93.9 Å². The molecule has 0 spiro atoms. The molecule has 0 fully saturated rings. The van der Waals surface area contributed by atoms with Gasteiger partial charge in [-0.05, 0) is 96.9 Å². The van der Waals surface area contributed by atoms with Crippen molar-refractivity contribution in [3.63, 3.8) is 0 Å². The van der Waals surface area contributed by atoms with Gasteiger partial charge < -0.3 is 9.80 Å². The van der Waals surface area contributed by atoms with Crippen molar-refractivity contribution in [1.29, 1.82) is 0 Å². The van der Waals surface area contributed by atoms with Crippen molar-refractivity contribution in [3.8, 4) is 22.3 Å². The number of anilines is 6.